The highest BCUT2D eigenvalue weighted by molar-refractivity contribution is 7.98. The van der Waals surface area contributed by atoms with E-state index >= 15 is 0 Å². The van der Waals surface area contributed by atoms with Gasteiger partial charge in [0.1, 0.15) is 10.6 Å². The maximum atomic E-state index is 4.50. The molecule has 20 heavy (non-hydrogen) atoms. The van der Waals surface area contributed by atoms with E-state index in [2.05, 4.69) is 51.1 Å². The van der Waals surface area contributed by atoms with Gasteiger partial charge < -0.3 is 10.6 Å². The lowest BCUT2D eigenvalue weighted by atomic mass is 10.3. The molecule has 0 aliphatic carbocycles. The molecule has 0 spiro atoms. The summed E-state index contributed by atoms with van der Waals surface area (Å²) in [5.74, 6) is 1.46. The highest BCUT2D eigenvalue weighted by Crippen LogP contribution is 2.29. The number of nitrogens with one attached hydrogen (secondary N) is 2. The zero-order valence-electron chi connectivity index (χ0n) is 11.2. The Labute approximate surface area is 125 Å². The van der Waals surface area contributed by atoms with Gasteiger partial charge in [0.15, 0.2) is 0 Å². The quantitative estimate of drug-likeness (QED) is 0.707. The van der Waals surface area contributed by atoms with Crippen molar-refractivity contribution in [3.05, 3.63) is 35.7 Å². The van der Waals surface area contributed by atoms with Crippen molar-refractivity contribution in [1.82, 2.24) is 9.97 Å². The van der Waals surface area contributed by atoms with Gasteiger partial charge >= 0.3 is 0 Å². The van der Waals surface area contributed by atoms with E-state index in [1.165, 1.54) is 4.90 Å². The molecule has 0 fully saturated rings. The Hall–Kier alpha value is -1.79. The molecule has 3 aromatic rings. The topological polar surface area (TPSA) is 49.8 Å². The van der Waals surface area contributed by atoms with Crippen molar-refractivity contribution in [3.8, 4) is 0 Å². The number of hydrogen-bond donors (Lipinski definition) is 2. The first-order valence-corrected chi connectivity index (χ1v) is 8.24. The fraction of sp³-hybridized carbons (Fsp3) is 0.143. The fourth-order valence-corrected chi connectivity index (χ4v) is 3.05. The maximum Gasteiger partial charge on any atom is 0.225 e. The van der Waals surface area contributed by atoms with Crippen molar-refractivity contribution in [2.45, 2.75) is 4.90 Å². The summed E-state index contributed by atoms with van der Waals surface area (Å²) in [5.41, 5.74) is 1.02. The molecular formula is C14H14N4S2. The van der Waals surface area contributed by atoms with Gasteiger partial charge in [-0.15, -0.1) is 23.1 Å². The van der Waals surface area contributed by atoms with Crippen LogP contribution in [0.25, 0.3) is 10.2 Å². The Kier molecular flexibility index (Phi) is 3.75. The molecule has 0 saturated heterocycles. The molecular weight excluding hydrogens is 288 g/mol. The lowest BCUT2D eigenvalue weighted by molar-refractivity contribution is 1.20. The molecule has 0 aliphatic rings. The zero-order chi connectivity index (χ0) is 13.9. The summed E-state index contributed by atoms with van der Waals surface area (Å²) >= 11 is 3.35. The average Bonchev–Trinajstić information content (AvgIpc) is 2.96. The molecule has 0 atom stereocenters. The average molecular weight is 302 g/mol. The number of thioether (sulfide) groups is 1. The third-order valence-electron chi connectivity index (χ3n) is 2.90. The van der Waals surface area contributed by atoms with Gasteiger partial charge in [-0.3, -0.25) is 0 Å². The molecule has 0 amide bonds. The van der Waals surface area contributed by atoms with Crippen LogP contribution >= 0.6 is 23.1 Å². The normalized spacial score (nSPS) is 10.7. The van der Waals surface area contributed by atoms with E-state index in [9.17, 15) is 0 Å². The fourth-order valence-electron chi connectivity index (χ4n) is 1.87. The van der Waals surface area contributed by atoms with Crippen LogP contribution in [0.1, 0.15) is 0 Å². The van der Waals surface area contributed by atoms with Crippen molar-refractivity contribution < 1.29 is 0 Å². The molecule has 6 heteroatoms. The number of thiophene rings is 1. The Bertz CT molecular complexity index is 722. The smallest absolute Gasteiger partial charge is 0.225 e. The van der Waals surface area contributed by atoms with Gasteiger partial charge in [-0.05, 0) is 42.0 Å². The van der Waals surface area contributed by atoms with Crippen LogP contribution < -0.4 is 10.6 Å². The predicted octanol–water partition coefficient (Wildman–Crippen LogP) is 4.20. The number of nitrogens with zero attached hydrogens (tertiary/aromatic N) is 2. The summed E-state index contributed by atoms with van der Waals surface area (Å²) in [6.45, 7) is 0. The third kappa shape index (κ3) is 2.57. The summed E-state index contributed by atoms with van der Waals surface area (Å²) in [7, 11) is 1.83. The second-order valence-electron chi connectivity index (χ2n) is 4.14. The van der Waals surface area contributed by atoms with Crippen LogP contribution in [0.3, 0.4) is 0 Å². The molecule has 0 aliphatic heterocycles. The first-order valence-electron chi connectivity index (χ1n) is 6.14. The van der Waals surface area contributed by atoms with Crippen LogP contribution in [-0.4, -0.2) is 23.3 Å². The second-order valence-corrected chi connectivity index (χ2v) is 5.91. The summed E-state index contributed by atoms with van der Waals surface area (Å²) in [6, 6.07) is 10.4. The van der Waals surface area contributed by atoms with Crippen LogP contribution in [0, 0.1) is 0 Å². The largest absolute Gasteiger partial charge is 0.357 e. The van der Waals surface area contributed by atoms with Gasteiger partial charge in [0, 0.05) is 17.6 Å². The minimum absolute atomic E-state index is 0.628. The Balaban J connectivity index is 1.98. The first-order chi connectivity index (χ1) is 9.80. The molecule has 0 unspecified atom stereocenters. The van der Waals surface area contributed by atoms with Crippen LogP contribution in [0.4, 0.5) is 17.5 Å². The van der Waals surface area contributed by atoms with E-state index in [4.69, 9.17) is 0 Å². The van der Waals surface area contributed by atoms with Gasteiger partial charge in [0.2, 0.25) is 5.95 Å². The van der Waals surface area contributed by atoms with Crippen LogP contribution in [0.5, 0.6) is 0 Å². The molecule has 3 rings (SSSR count). The lowest BCUT2D eigenvalue weighted by Crippen LogP contribution is -2.00. The molecule has 0 saturated carbocycles. The van der Waals surface area contributed by atoms with Crippen molar-refractivity contribution in [2.75, 3.05) is 23.9 Å². The summed E-state index contributed by atoms with van der Waals surface area (Å²) < 4.78 is 0. The van der Waals surface area contributed by atoms with E-state index in [0.29, 0.717) is 5.95 Å². The van der Waals surface area contributed by atoms with Gasteiger partial charge in [0.25, 0.3) is 0 Å². The van der Waals surface area contributed by atoms with E-state index in [-0.39, 0.29) is 0 Å². The second kappa shape index (κ2) is 5.68. The molecule has 4 nitrogen and oxygen atoms in total. The highest BCUT2D eigenvalue weighted by atomic mass is 32.2. The number of hydrogen-bond acceptors (Lipinski definition) is 6. The molecule has 2 heterocycles. The van der Waals surface area contributed by atoms with E-state index in [0.717, 1.165) is 21.7 Å². The van der Waals surface area contributed by atoms with Crippen LogP contribution in [0.15, 0.2) is 40.6 Å². The number of fused-ring (bicyclic) bond motifs is 1. The molecule has 1 aromatic carbocycles. The lowest BCUT2D eigenvalue weighted by Gasteiger charge is -2.09. The van der Waals surface area contributed by atoms with Gasteiger partial charge in [0.05, 0.1) is 5.39 Å². The Morgan fingerprint density at radius 3 is 2.60 bits per heavy atom. The van der Waals surface area contributed by atoms with Gasteiger partial charge in [-0.1, -0.05) is 0 Å². The number of benzene rings is 1. The summed E-state index contributed by atoms with van der Waals surface area (Å²) in [6.07, 6.45) is 2.07. The van der Waals surface area contributed by atoms with E-state index in [1.807, 2.05) is 18.5 Å². The number of anilines is 3. The maximum absolute atomic E-state index is 4.50. The number of aromatic nitrogens is 2. The Morgan fingerprint density at radius 2 is 1.90 bits per heavy atom. The van der Waals surface area contributed by atoms with Crippen LogP contribution in [-0.2, 0) is 0 Å². The van der Waals surface area contributed by atoms with Crippen molar-refractivity contribution >= 4 is 50.8 Å². The van der Waals surface area contributed by atoms with Crippen LogP contribution in [0.2, 0.25) is 0 Å². The molecule has 0 radical (unpaired) electrons. The molecule has 2 N–H and O–H groups in total. The predicted molar refractivity (Wildman–Crippen MR) is 88.5 cm³/mol. The standard InChI is InChI=1S/C14H14N4S2/c1-15-14-17-12(11-7-8-20-13(11)18-14)16-9-3-5-10(19-2)6-4-9/h3-8H,1-2H3,(H2,15,16,17,18). The summed E-state index contributed by atoms with van der Waals surface area (Å²) in [5, 5.41) is 9.43. The molecule has 2 aromatic heterocycles. The van der Waals surface area contributed by atoms with E-state index < -0.39 is 0 Å². The van der Waals surface area contributed by atoms with Crippen molar-refractivity contribution in [2.24, 2.45) is 0 Å². The van der Waals surface area contributed by atoms with Gasteiger partial charge in [-0.2, -0.15) is 4.98 Å². The first kappa shape index (κ1) is 13.2. The third-order valence-corrected chi connectivity index (χ3v) is 4.45. The highest BCUT2D eigenvalue weighted by Gasteiger charge is 2.08. The van der Waals surface area contributed by atoms with E-state index in [1.54, 1.807) is 23.1 Å². The van der Waals surface area contributed by atoms with Gasteiger partial charge in [-0.25, -0.2) is 4.98 Å². The Morgan fingerprint density at radius 1 is 1.10 bits per heavy atom. The minimum Gasteiger partial charge on any atom is -0.357 e. The monoisotopic (exact) mass is 302 g/mol. The zero-order valence-corrected chi connectivity index (χ0v) is 12.8. The van der Waals surface area contributed by atoms with Crippen molar-refractivity contribution in [3.63, 3.8) is 0 Å². The van der Waals surface area contributed by atoms with Crippen molar-refractivity contribution in [1.29, 1.82) is 0 Å². The summed E-state index contributed by atoms with van der Waals surface area (Å²) in [4.78, 5) is 11.2. The molecule has 102 valence electrons. The molecule has 0 bridgehead atoms. The SMILES string of the molecule is CNc1nc(Nc2ccc(SC)cc2)c2ccsc2n1. The minimum atomic E-state index is 0.628. The number of rotatable bonds is 4.